The molecule has 1 aromatic carbocycles. The Morgan fingerprint density at radius 3 is 2.45 bits per heavy atom. The molecule has 1 atom stereocenters. The van der Waals surface area contributed by atoms with Gasteiger partial charge in [0.05, 0.1) is 12.5 Å². The maximum Gasteiger partial charge on any atom is 0.252 e. The number of sulfonamides is 1. The molecule has 1 unspecified atom stereocenters. The fraction of sp³-hybridized carbons (Fsp3) is 0.476. The third kappa shape index (κ3) is 5.66. The van der Waals surface area contributed by atoms with Crippen molar-refractivity contribution in [2.24, 2.45) is 0 Å². The van der Waals surface area contributed by atoms with Crippen LogP contribution in [0.4, 0.5) is 0 Å². The van der Waals surface area contributed by atoms with Crippen LogP contribution in [0.5, 0.6) is 0 Å². The molecule has 0 saturated carbocycles. The molecule has 2 aromatic rings. The van der Waals surface area contributed by atoms with Crippen LogP contribution < -0.4 is 5.32 Å². The van der Waals surface area contributed by atoms with Crippen LogP contribution in [0.15, 0.2) is 46.7 Å². The van der Waals surface area contributed by atoms with E-state index >= 15 is 0 Å². The highest BCUT2D eigenvalue weighted by Gasteiger charge is 2.27. The lowest BCUT2D eigenvalue weighted by molar-refractivity contribution is -0.120. The van der Waals surface area contributed by atoms with Crippen molar-refractivity contribution in [3.05, 3.63) is 52.9 Å². The van der Waals surface area contributed by atoms with Crippen LogP contribution in [0.1, 0.15) is 35.7 Å². The molecule has 0 bridgehead atoms. The normalized spacial score (nSPS) is 16.7. The summed E-state index contributed by atoms with van der Waals surface area (Å²) >= 11 is 1.20. The van der Waals surface area contributed by atoms with Crippen LogP contribution in [0.25, 0.3) is 0 Å². The standard InChI is InChI=1S/C21H29N3O3S2/c1-23(2)19(17-9-5-3-6-10-17)16-22-20(25)15-18-11-12-21(28-18)29(26,27)24-13-7-4-8-14-24/h3,5-6,9-12,19H,4,7-8,13-16H2,1-2H3,(H,22,25). The maximum absolute atomic E-state index is 12.8. The average Bonchev–Trinajstić information content (AvgIpc) is 3.18. The Hall–Kier alpha value is -1.74. The second-order valence-electron chi connectivity index (χ2n) is 7.56. The SMILES string of the molecule is CN(C)C(CNC(=O)Cc1ccc(S(=O)(=O)N2CCCCC2)s1)c1ccccc1. The quantitative estimate of drug-likeness (QED) is 0.692. The zero-order valence-electron chi connectivity index (χ0n) is 17.0. The number of carbonyl (C=O) groups excluding carboxylic acids is 1. The molecule has 1 aromatic heterocycles. The lowest BCUT2D eigenvalue weighted by Gasteiger charge is -2.25. The predicted octanol–water partition coefficient (Wildman–Crippen LogP) is 2.88. The molecule has 158 valence electrons. The fourth-order valence-electron chi connectivity index (χ4n) is 3.53. The number of likely N-dealkylation sites (N-methyl/N-ethyl adjacent to an activating group) is 1. The number of benzene rings is 1. The second-order valence-corrected chi connectivity index (χ2v) is 10.9. The van der Waals surface area contributed by atoms with E-state index in [1.807, 2.05) is 44.4 Å². The molecule has 1 saturated heterocycles. The third-order valence-electron chi connectivity index (χ3n) is 5.18. The van der Waals surface area contributed by atoms with E-state index in [9.17, 15) is 13.2 Å². The van der Waals surface area contributed by atoms with E-state index in [0.29, 0.717) is 23.8 Å². The highest BCUT2D eigenvalue weighted by molar-refractivity contribution is 7.91. The topological polar surface area (TPSA) is 69.7 Å². The van der Waals surface area contributed by atoms with Crippen molar-refractivity contribution in [2.45, 2.75) is 35.9 Å². The van der Waals surface area contributed by atoms with Gasteiger partial charge in [-0.2, -0.15) is 4.31 Å². The smallest absolute Gasteiger partial charge is 0.252 e. The summed E-state index contributed by atoms with van der Waals surface area (Å²) in [6.07, 6.45) is 3.09. The Labute approximate surface area is 177 Å². The van der Waals surface area contributed by atoms with Crippen molar-refractivity contribution in [1.29, 1.82) is 0 Å². The summed E-state index contributed by atoms with van der Waals surface area (Å²) in [6.45, 7) is 1.67. The summed E-state index contributed by atoms with van der Waals surface area (Å²) in [5, 5.41) is 2.99. The van der Waals surface area contributed by atoms with Gasteiger partial charge in [-0.25, -0.2) is 8.42 Å². The van der Waals surface area contributed by atoms with Crippen molar-refractivity contribution >= 4 is 27.3 Å². The number of amides is 1. The third-order valence-corrected chi connectivity index (χ3v) is 8.63. The average molecular weight is 436 g/mol. The largest absolute Gasteiger partial charge is 0.354 e. The van der Waals surface area contributed by atoms with Gasteiger partial charge >= 0.3 is 0 Å². The number of hydrogen-bond acceptors (Lipinski definition) is 5. The molecule has 0 aliphatic carbocycles. The van der Waals surface area contributed by atoms with Gasteiger partial charge in [0.2, 0.25) is 5.91 Å². The Balaban J connectivity index is 1.58. The molecule has 29 heavy (non-hydrogen) atoms. The molecule has 8 heteroatoms. The number of nitrogens with one attached hydrogen (secondary N) is 1. The Bertz CT molecular complexity index is 904. The minimum Gasteiger partial charge on any atom is -0.354 e. The fourth-order valence-corrected chi connectivity index (χ4v) is 6.56. The lowest BCUT2D eigenvalue weighted by atomic mass is 10.1. The highest BCUT2D eigenvalue weighted by Crippen LogP contribution is 2.27. The number of nitrogens with zero attached hydrogens (tertiary/aromatic N) is 2. The Morgan fingerprint density at radius 2 is 1.79 bits per heavy atom. The van der Waals surface area contributed by atoms with Gasteiger partial charge in [0.25, 0.3) is 10.0 Å². The van der Waals surface area contributed by atoms with Crippen LogP contribution in [-0.2, 0) is 21.2 Å². The van der Waals surface area contributed by atoms with E-state index in [2.05, 4.69) is 10.2 Å². The molecule has 0 radical (unpaired) electrons. The molecule has 1 N–H and O–H groups in total. The summed E-state index contributed by atoms with van der Waals surface area (Å²) in [4.78, 5) is 15.3. The summed E-state index contributed by atoms with van der Waals surface area (Å²) in [5.74, 6) is -0.100. The Morgan fingerprint density at radius 1 is 1.10 bits per heavy atom. The lowest BCUT2D eigenvalue weighted by Crippen LogP contribution is -2.35. The van der Waals surface area contributed by atoms with Gasteiger partial charge in [0.1, 0.15) is 4.21 Å². The first-order chi connectivity index (χ1) is 13.9. The van der Waals surface area contributed by atoms with Gasteiger partial charge in [0.15, 0.2) is 0 Å². The summed E-state index contributed by atoms with van der Waals surface area (Å²) < 4.78 is 27.4. The first-order valence-electron chi connectivity index (χ1n) is 9.95. The van der Waals surface area contributed by atoms with E-state index < -0.39 is 10.0 Å². The van der Waals surface area contributed by atoms with E-state index in [4.69, 9.17) is 0 Å². The van der Waals surface area contributed by atoms with Crippen LogP contribution in [0, 0.1) is 0 Å². The number of rotatable bonds is 8. The summed E-state index contributed by atoms with van der Waals surface area (Å²) in [6, 6.07) is 13.5. The molecule has 1 aliphatic heterocycles. The van der Waals surface area contributed by atoms with Crippen LogP contribution in [0.3, 0.4) is 0 Å². The number of hydrogen-bond donors (Lipinski definition) is 1. The number of piperidine rings is 1. The van der Waals surface area contributed by atoms with E-state index in [1.54, 1.807) is 16.4 Å². The minimum atomic E-state index is -3.44. The highest BCUT2D eigenvalue weighted by atomic mass is 32.2. The van der Waals surface area contributed by atoms with Crippen molar-refractivity contribution in [3.63, 3.8) is 0 Å². The molecule has 6 nitrogen and oxygen atoms in total. The monoisotopic (exact) mass is 435 g/mol. The predicted molar refractivity (Wildman–Crippen MR) is 117 cm³/mol. The summed E-state index contributed by atoms with van der Waals surface area (Å²) in [5.41, 5.74) is 1.14. The molecule has 1 aliphatic rings. The Kier molecular flexibility index (Phi) is 7.45. The van der Waals surface area contributed by atoms with Gasteiger partial charge in [-0.3, -0.25) is 4.79 Å². The number of thiophene rings is 1. The molecule has 0 spiro atoms. The van der Waals surface area contributed by atoms with Gasteiger partial charge in [-0.15, -0.1) is 11.3 Å². The molecule has 2 heterocycles. The molecule has 3 rings (SSSR count). The summed E-state index contributed by atoms with van der Waals surface area (Å²) in [7, 11) is 0.537. The van der Waals surface area contributed by atoms with Crippen molar-refractivity contribution in [1.82, 2.24) is 14.5 Å². The zero-order chi connectivity index (χ0) is 20.9. The molecular formula is C21H29N3O3S2. The van der Waals surface area contributed by atoms with Crippen LogP contribution in [-0.4, -0.2) is 57.3 Å². The van der Waals surface area contributed by atoms with Gasteiger partial charge < -0.3 is 10.2 Å². The van der Waals surface area contributed by atoms with E-state index in [1.165, 1.54) is 11.3 Å². The van der Waals surface area contributed by atoms with E-state index in [0.717, 1.165) is 29.7 Å². The zero-order valence-corrected chi connectivity index (χ0v) is 18.6. The molecule has 1 fully saturated rings. The van der Waals surface area contributed by atoms with E-state index in [-0.39, 0.29) is 18.4 Å². The maximum atomic E-state index is 12.8. The van der Waals surface area contributed by atoms with Crippen molar-refractivity contribution in [2.75, 3.05) is 33.7 Å². The van der Waals surface area contributed by atoms with Gasteiger partial charge in [-0.05, 0) is 44.6 Å². The van der Waals surface area contributed by atoms with Crippen molar-refractivity contribution in [3.8, 4) is 0 Å². The molecule has 1 amide bonds. The second kappa shape index (κ2) is 9.84. The first kappa shape index (κ1) is 22.0. The molecular weight excluding hydrogens is 406 g/mol. The van der Waals surface area contributed by atoms with Crippen molar-refractivity contribution < 1.29 is 13.2 Å². The first-order valence-corrected chi connectivity index (χ1v) is 12.2. The minimum absolute atomic E-state index is 0.0820. The van der Waals surface area contributed by atoms with Gasteiger partial charge in [0, 0.05) is 24.5 Å². The number of carbonyl (C=O) groups is 1. The van der Waals surface area contributed by atoms with Gasteiger partial charge in [-0.1, -0.05) is 36.8 Å². The van der Waals surface area contributed by atoms with Crippen LogP contribution >= 0.6 is 11.3 Å². The van der Waals surface area contributed by atoms with Crippen LogP contribution in [0.2, 0.25) is 0 Å².